The predicted octanol–water partition coefficient (Wildman–Crippen LogP) is 2.48. The highest BCUT2D eigenvalue weighted by Gasteiger charge is 2.13. The van der Waals surface area contributed by atoms with Crippen molar-refractivity contribution < 1.29 is 9.63 Å². The molecule has 0 atom stereocenters. The van der Waals surface area contributed by atoms with Crippen molar-refractivity contribution in [2.24, 2.45) is 0 Å². The van der Waals surface area contributed by atoms with Crippen LogP contribution in [0.2, 0.25) is 5.02 Å². The summed E-state index contributed by atoms with van der Waals surface area (Å²) in [5.74, 6) is -0.149. The summed E-state index contributed by atoms with van der Waals surface area (Å²) in [6.45, 7) is 2.42. The largest absolute Gasteiger partial charge is 0.385 e. The topological polar surface area (TPSA) is 60.2 Å². The van der Waals surface area contributed by atoms with Crippen LogP contribution in [0.1, 0.15) is 11.1 Å². The molecular weight excluding hydrogens is 328 g/mol. The van der Waals surface area contributed by atoms with E-state index >= 15 is 0 Å². The molecule has 0 bridgehead atoms. The van der Waals surface area contributed by atoms with Crippen LogP contribution in [0.5, 0.6) is 0 Å². The standard InChI is InChI=1S/C17H17ClN4O2/c1-12-5-3-4-6-13(12)10-21(2)17(23)11-24-22-16-9-14(18)7-8-15(16)19-20-22/h3-9H,10-11H2,1-2H3. The number of hydrogen-bond acceptors (Lipinski definition) is 4. The number of nitrogens with zero attached hydrogens (tertiary/aromatic N) is 4. The summed E-state index contributed by atoms with van der Waals surface area (Å²) in [4.78, 5) is 20.6. The highest BCUT2D eigenvalue weighted by Crippen LogP contribution is 2.16. The zero-order valence-electron chi connectivity index (χ0n) is 13.4. The number of likely N-dealkylation sites (N-methyl/N-ethyl adjacent to an activating group) is 1. The zero-order valence-corrected chi connectivity index (χ0v) is 14.2. The highest BCUT2D eigenvalue weighted by molar-refractivity contribution is 6.31. The van der Waals surface area contributed by atoms with Crippen LogP contribution in [0.15, 0.2) is 42.5 Å². The highest BCUT2D eigenvalue weighted by atomic mass is 35.5. The van der Waals surface area contributed by atoms with Gasteiger partial charge in [-0.1, -0.05) is 40.7 Å². The molecule has 0 saturated carbocycles. The van der Waals surface area contributed by atoms with Gasteiger partial charge in [0.1, 0.15) is 11.0 Å². The quantitative estimate of drug-likeness (QED) is 0.713. The van der Waals surface area contributed by atoms with Crippen molar-refractivity contribution in [3.05, 3.63) is 58.6 Å². The van der Waals surface area contributed by atoms with Gasteiger partial charge in [0.2, 0.25) is 0 Å². The molecule has 6 nitrogen and oxygen atoms in total. The SMILES string of the molecule is Cc1ccccc1CN(C)C(=O)COn1nnc2ccc(Cl)cc21. The third kappa shape index (κ3) is 3.49. The third-order valence-electron chi connectivity index (χ3n) is 3.78. The Bertz CT molecular complexity index is 878. The number of carbonyl (C=O) groups excluding carboxylic acids is 1. The van der Waals surface area contributed by atoms with E-state index in [4.69, 9.17) is 16.4 Å². The van der Waals surface area contributed by atoms with Crippen molar-refractivity contribution in [1.29, 1.82) is 0 Å². The number of amides is 1. The van der Waals surface area contributed by atoms with Crippen molar-refractivity contribution in [3.63, 3.8) is 0 Å². The van der Waals surface area contributed by atoms with Crippen molar-refractivity contribution in [2.75, 3.05) is 13.7 Å². The molecule has 3 rings (SSSR count). The minimum atomic E-state index is -0.149. The van der Waals surface area contributed by atoms with Gasteiger partial charge < -0.3 is 9.74 Å². The maximum atomic E-state index is 12.3. The molecule has 1 amide bonds. The predicted molar refractivity (Wildman–Crippen MR) is 91.6 cm³/mol. The molecule has 7 heteroatoms. The lowest BCUT2D eigenvalue weighted by Crippen LogP contribution is -2.33. The number of halogens is 1. The molecule has 0 N–H and O–H groups in total. The average Bonchev–Trinajstić information content (AvgIpc) is 2.96. The van der Waals surface area contributed by atoms with E-state index in [1.807, 2.05) is 31.2 Å². The van der Waals surface area contributed by atoms with Crippen LogP contribution in [-0.4, -0.2) is 39.6 Å². The Morgan fingerprint density at radius 2 is 2.08 bits per heavy atom. The Morgan fingerprint density at radius 3 is 2.88 bits per heavy atom. The second-order valence-corrected chi connectivity index (χ2v) is 5.98. The smallest absolute Gasteiger partial charge is 0.263 e. The molecule has 1 aromatic heterocycles. The van der Waals surface area contributed by atoms with Crippen LogP contribution in [0.25, 0.3) is 11.0 Å². The minimum Gasteiger partial charge on any atom is -0.385 e. The zero-order chi connectivity index (χ0) is 17.1. The Morgan fingerprint density at radius 1 is 1.29 bits per heavy atom. The Hall–Kier alpha value is -2.60. The first kappa shape index (κ1) is 16.3. The molecule has 24 heavy (non-hydrogen) atoms. The number of aromatic nitrogens is 3. The van der Waals surface area contributed by atoms with E-state index in [1.165, 1.54) is 4.85 Å². The van der Waals surface area contributed by atoms with Gasteiger partial charge in [-0.25, -0.2) is 0 Å². The summed E-state index contributed by atoms with van der Waals surface area (Å²) >= 11 is 5.97. The molecule has 0 radical (unpaired) electrons. The Labute approximate surface area is 144 Å². The van der Waals surface area contributed by atoms with Crippen molar-refractivity contribution in [3.8, 4) is 0 Å². The summed E-state index contributed by atoms with van der Waals surface area (Å²) in [7, 11) is 1.74. The number of carbonyl (C=O) groups is 1. The number of aryl methyl sites for hydroxylation is 1. The first-order chi connectivity index (χ1) is 11.5. The fraction of sp³-hybridized carbons (Fsp3) is 0.235. The van der Waals surface area contributed by atoms with Gasteiger partial charge >= 0.3 is 0 Å². The van der Waals surface area contributed by atoms with Crippen LogP contribution in [0, 0.1) is 6.92 Å². The summed E-state index contributed by atoms with van der Waals surface area (Å²) in [6.07, 6.45) is 0. The molecule has 0 unspecified atom stereocenters. The molecule has 0 saturated heterocycles. The second kappa shape index (κ2) is 6.88. The van der Waals surface area contributed by atoms with Gasteiger partial charge in [0, 0.05) is 18.6 Å². The lowest BCUT2D eigenvalue weighted by molar-refractivity contribution is -0.136. The van der Waals surface area contributed by atoms with E-state index < -0.39 is 0 Å². The van der Waals surface area contributed by atoms with E-state index in [1.54, 1.807) is 30.1 Å². The van der Waals surface area contributed by atoms with Crippen molar-refractivity contribution in [2.45, 2.75) is 13.5 Å². The van der Waals surface area contributed by atoms with E-state index in [0.717, 1.165) is 11.1 Å². The third-order valence-corrected chi connectivity index (χ3v) is 4.02. The first-order valence-corrected chi connectivity index (χ1v) is 7.85. The van der Waals surface area contributed by atoms with Crippen molar-refractivity contribution in [1.82, 2.24) is 20.1 Å². The summed E-state index contributed by atoms with van der Waals surface area (Å²) in [6, 6.07) is 13.1. The molecule has 0 fully saturated rings. The Kier molecular flexibility index (Phi) is 4.66. The molecule has 0 aliphatic rings. The average molecular weight is 345 g/mol. The molecule has 0 aliphatic heterocycles. The molecule has 124 valence electrons. The normalized spacial score (nSPS) is 10.8. The van der Waals surface area contributed by atoms with Crippen LogP contribution in [0.3, 0.4) is 0 Å². The van der Waals surface area contributed by atoms with E-state index in [-0.39, 0.29) is 12.5 Å². The monoisotopic (exact) mass is 344 g/mol. The van der Waals surface area contributed by atoms with Crippen LogP contribution >= 0.6 is 11.6 Å². The molecule has 3 aromatic rings. The lowest BCUT2D eigenvalue weighted by Gasteiger charge is -2.18. The Balaban J connectivity index is 1.64. The van der Waals surface area contributed by atoms with Gasteiger partial charge in [0.25, 0.3) is 5.91 Å². The minimum absolute atomic E-state index is 0.132. The summed E-state index contributed by atoms with van der Waals surface area (Å²) in [5.41, 5.74) is 3.53. The first-order valence-electron chi connectivity index (χ1n) is 7.47. The van der Waals surface area contributed by atoms with Gasteiger partial charge in [-0.3, -0.25) is 4.79 Å². The maximum Gasteiger partial charge on any atom is 0.263 e. The van der Waals surface area contributed by atoms with E-state index in [0.29, 0.717) is 22.6 Å². The number of fused-ring (bicyclic) bond motifs is 1. The molecular formula is C17H17ClN4O2. The van der Waals surface area contributed by atoms with E-state index in [2.05, 4.69) is 10.3 Å². The summed E-state index contributed by atoms with van der Waals surface area (Å²) in [5, 5.41) is 8.40. The molecule has 1 heterocycles. The fourth-order valence-electron chi connectivity index (χ4n) is 2.32. The number of rotatable bonds is 5. The van der Waals surface area contributed by atoms with Crippen LogP contribution in [0.4, 0.5) is 0 Å². The second-order valence-electron chi connectivity index (χ2n) is 5.55. The van der Waals surface area contributed by atoms with Crippen molar-refractivity contribution >= 4 is 28.5 Å². The molecule has 0 aliphatic carbocycles. The van der Waals surface area contributed by atoms with Gasteiger partial charge in [-0.05, 0) is 41.5 Å². The van der Waals surface area contributed by atoms with Crippen LogP contribution in [-0.2, 0) is 11.3 Å². The number of benzene rings is 2. The maximum absolute atomic E-state index is 12.3. The molecule has 0 spiro atoms. The van der Waals surface area contributed by atoms with Gasteiger partial charge in [0.05, 0.1) is 0 Å². The number of hydrogen-bond donors (Lipinski definition) is 0. The van der Waals surface area contributed by atoms with Gasteiger partial charge in [-0.2, -0.15) is 0 Å². The van der Waals surface area contributed by atoms with Crippen LogP contribution < -0.4 is 4.84 Å². The van der Waals surface area contributed by atoms with Gasteiger partial charge in [-0.15, -0.1) is 5.10 Å². The fourth-order valence-corrected chi connectivity index (χ4v) is 2.49. The van der Waals surface area contributed by atoms with Gasteiger partial charge in [0.15, 0.2) is 6.61 Å². The molecule has 2 aromatic carbocycles. The lowest BCUT2D eigenvalue weighted by atomic mass is 10.1. The summed E-state index contributed by atoms with van der Waals surface area (Å²) < 4.78 is 0. The van der Waals surface area contributed by atoms with E-state index in [9.17, 15) is 4.79 Å².